The third kappa shape index (κ3) is 5.19. The fourth-order valence-electron chi connectivity index (χ4n) is 3.08. The number of benzene rings is 2. The molecule has 0 radical (unpaired) electrons. The van der Waals surface area contributed by atoms with E-state index in [1.54, 1.807) is 36.5 Å². The van der Waals surface area contributed by atoms with Crippen LogP contribution < -0.4 is 4.72 Å². The molecule has 1 heterocycles. The lowest BCUT2D eigenvalue weighted by atomic mass is 10.0. The normalized spacial score (nSPS) is 13.3. The molecule has 3 rings (SSSR count). The van der Waals surface area contributed by atoms with Crippen molar-refractivity contribution in [2.24, 2.45) is 0 Å². The van der Waals surface area contributed by atoms with Gasteiger partial charge in [-0.25, -0.2) is 21.6 Å². The molecule has 0 amide bonds. The fourth-order valence-corrected chi connectivity index (χ4v) is 5.90. The molecule has 1 atom stereocenters. The Balaban J connectivity index is 1.97. The monoisotopic (exact) mass is 460 g/mol. The summed E-state index contributed by atoms with van der Waals surface area (Å²) in [6.45, 7) is 3.37. The molecule has 1 aromatic heterocycles. The lowest BCUT2D eigenvalue weighted by molar-refractivity contribution is 0.181. The molecule has 164 valence electrons. The predicted octanol–water partition coefficient (Wildman–Crippen LogP) is 3.05. The summed E-state index contributed by atoms with van der Waals surface area (Å²) in [5.74, 6) is -0.164. The van der Waals surface area contributed by atoms with Crippen LogP contribution in [0.3, 0.4) is 0 Å². The fraction of sp³-hybridized carbons (Fsp3) is 0.227. The Labute approximate surface area is 182 Å². The van der Waals surface area contributed by atoms with Gasteiger partial charge in [0.05, 0.1) is 20.8 Å². The van der Waals surface area contributed by atoms with Crippen molar-refractivity contribution in [3.05, 3.63) is 84.2 Å². The maximum atomic E-state index is 13.1. The number of rotatable bonds is 8. The van der Waals surface area contributed by atoms with Gasteiger partial charge in [0.15, 0.2) is 0 Å². The first-order valence-electron chi connectivity index (χ1n) is 9.64. The largest absolute Gasteiger partial charge is 0.387 e. The van der Waals surface area contributed by atoms with Gasteiger partial charge in [-0.1, -0.05) is 44.2 Å². The molecular weight excluding hydrogens is 436 g/mol. The molecular formula is C22H24N2O5S2. The molecule has 7 nitrogen and oxygen atoms in total. The molecule has 0 fully saturated rings. The number of aromatic nitrogens is 1. The predicted molar refractivity (Wildman–Crippen MR) is 117 cm³/mol. The summed E-state index contributed by atoms with van der Waals surface area (Å²) in [5, 5.41) is 10.3. The van der Waals surface area contributed by atoms with Gasteiger partial charge in [-0.15, -0.1) is 0 Å². The summed E-state index contributed by atoms with van der Waals surface area (Å²) < 4.78 is 54.5. The highest BCUT2D eigenvalue weighted by Gasteiger charge is 2.26. The van der Waals surface area contributed by atoms with Gasteiger partial charge in [-0.3, -0.25) is 4.98 Å². The molecule has 31 heavy (non-hydrogen) atoms. The minimum atomic E-state index is -4.10. The molecule has 9 heteroatoms. The second-order valence-corrected chi connectivity index (χ2v) is 11.0. The summed E-state index contributed by atoms with van der Waals surface area (Å²) >= 11 is 0. The Kier molecular flexibility index (Phi) is 6.90. The van der Waals surface area contributed by atoms with Crippen LogP contribution in [0.2, 0.25) is 0 Å². The Hall–Kier alpha value is -2.59. The molecule has 0 saturated carbocycles. The number of aliphatic hydroxyl groups is 1. The van der Waals surface area contributed by atoms with Crippen molar-refractivity contribution in [2.45, 2.75) is 40.6 Å². The zero-order valence-corrected chi connectivity index (χ0v) is 18.8. The SMILES string of the molecule is CC(C)c1ccc(S(=O)(=O)c2ccccc2)cc1S(=O)(=O)NCC(O)c1cccnc1. The van der Waals surface area contributed by atoms with E-state index in [0.717, 1.165) is 0 Å². The molecule has 2 N–H and O–H groups in total. The zero-order valence-electron chi connectivity index (χ0n) is 17.1. The average molecular weight is 461 g/mol. The second-order valence-electron chi connectivity index (χ2n) is 7.32. The van der Waals surface area contributed by atoms with Crippen LogP contribution in [-0.2, 0) is 19.9 Å². The highest BCUT2D eigenvalue weighted by Crippen LogP contribution is 2.29. The first-order valence-corrected chi connectivity index (χ1v) is 12.6. The van der Waals surface area contributed by atoms with Crippen LogP contribution in [0.1, 0.15) is 37.0 Å². The lowest BCUT2D eigenvalue weighted by Crippen LogP contribution is -2.29. The number of hydrogen-bond donors (Lipinski definition) is 2. The van der Waals surface area contributed by atoms with Crippen LogP contribution in [0.25, 0.3) is 0 Å². The highest BCUT2D eigenvalue weighted by molar-refractivity contribution is 7.91. The molecule has 0 aliphatic carbocycles. The topological polar surface area (TPSA) is 113 Å². The van der Waals surface area contributed by atoms with Crippen molar-refractivity contribution in [2.75, 3.05) is 6.54 Å². The summed E-state index contributed by atoms with van der Waals surface area (Å²) in [5.41, 5.74) is 0.949. The van der Waals surface area contributed by atoms with E-state index in [9.17, 15) is 21.9 Å². The van der Waals surface area contributed by atoms with E-state index in [4.69, 9.17) is 0 Å². The number of sulfonamides is 1. The maximum Gasteiger partial charge on any atom is 0.240 e. The molecule has 0 aliphatic heterocycles. The average Bonchev–Trinajstić information content (AvgIpc) is 2.78. The minimum Gasteiger partial charge on any atom is -0.387 e. The van der Waals surface area contributed by atoms with Gasteiger partial charge in [0.25, 0.3) is 0 Å². The summed E-state index contributed by atoms with van der Waals surface area (Å²) in [4.78, 5) is 3.75. The molecule has 2 aromatic carbocycles. The van der Waals surface area contributed by atoms with E-state index < -0.39 is 26.0 Å². The molecule has 0 aliphatic rings. The molecule has 1 unspecified atom stereocenters. The van der Waals surface area contributed by atoms with E-state index in [1.807, 2.05) is 13.8 Å². The number of aliphatic hydroxyl groups excluding tert-OH is 1. The third-order valence-electron chi connectivity index (χ3n) is 4.80. The number of hydrogen-bond acceptors (Lipinski definition) is 6. The van der Waals surface area contributed by atoms with E-state index >= 15 is 0 Å². The van der Waals surface area contributed by atoms with Crippen LogP contribution in [0.4, 0.5) is 0 Å². The summed E-state index contributed by atoms with van der Waals surface area (Å²) in [7, 11) is -7.99. The standard InChI is InChI=1S/C22H24N2O5S2/c1-16(2)20-11-10-19(30(26,27)18-8-4-3-5-9-18)13-22(20)31(28,29)24-15-21(25)17-7-6-12-23-14-17/h3-14,16,21,24-25H,15H2,1-2H3. The van der Waals surface area contributed by atoms with Crippen molar-refractivity contribution in [3.63, 3.8) is 0 Å². The zero-order chi connectivity index (χ0) is 22.6. The first-order chi connectivity index (χ1) is 14.6. The summed E-state index contributed by atoms with van der Waals surface area (Å²) in [6.07, 6.45) is 1.90. The molecule has 0 spiro atoms. The van der Waals surface area contributed by atoms with Gasteiger partial charge in [-0.05, 0) is 41.8 Å². The maximum absolute atomic E-state index is 13.1. The smallest absolute Gasteiger partial charge is 0.240 e. The van der Waals surface area contributed by atoms with E-state index in [1.165, 1.54) is 36.5 Å². The van der Waals surface area contributed by atoms with E-state index in [2.05, 4.69) is 9.71 Å². The van der Waals surface area contributed by atoms with Crippen molar-refractivity contribution in [1.82, 2.24) is 9.71 Å². The lowest BCUT2D eigenvalue weighted by Gasteiger charge is -2.17. The Bertz CT molecular complexity index is 1240. The highest BCUT2D eigenvalue weighted by atomic mass is 32.2. The van der Waals surface area contributed by atoms with Crippen LogP contribution in [0, 0.1) is 0 Å². The van der Waals surface area contributed by atoms with Gasteiger partial charge in [0.2, 0.25) is 19.9 Å². The van der Waals surface area contributed by atoms with Crippen molar-refractivity contribution in [1.29, 1.82) is 0 Å². The van der Waals surface area contributed by atoms with E-state index in [-0.39, 0.29) is 27.1 Å². The van der Waals surface area contributed by atoms with Gasteiger partial charge in [0, 0.05) is 24.5 Å². The minimum absolute atomic E-state index is 0.0793. The van der Waals surface area contributed by atoms with Crippen LogP contribution in [0.15, 0.2) is 87.7 Å². The second kappa shape index (κ2) is 9.27. The summed E-state index contributed by atoms with van der Waals surface area (Å²) in [6, 6.07) is 15.2. The van der Waals surface area contributed by atoms with Crippen LogP contribution >= 0.6 is 0 Å². The number of pyridine rings is 1. The molecule has 0 bridgehead atoms. The number of sulfone groups is 1. The number of nitrogens with zero attached hydrogens (tertiary/aromatic N) is 1. The van der Waals surface area contributed by atoms with Crippen molar-refractivity contribution in [3.8, 4) is 0 Å². The van der Waals surface area contributed by atoms with E-state index in [0.29, 0.717) is 11.1 Å². The van der Waals surface area contributed by atoms with Crippen molar-refractivity contribution >= 4 is 19.9 Å². The first kappa shape index (κ1) is 23.1. The van der Waals surface area contributed by atoms with Gasteiger partial charge in [0.1, 0.15) is 0 Å². The Morgan fingerprint density at radius 1 is 0.935 bits per heavy atom. The number of nitrogens with one attached hydrogen (secondary N) is 1. The quantitative estimate of drug-likeness (QED) is 0.534. The van der Waals surface area contributed by atoms with Gasteiger partial charge < -0.3 is 5.11 Å². The third-order valence-corrected chi connectivity index (χ3v) is 8.04. The van der Waals surface area contributed by atoms with Crippen LogP contribution in [0.5, 0.6) is 0 Å². The molecule has 3 aromatic rings. The van der Waals surface area contributed by atoms with Crippen molar-refractivity contribution < 1.29 is 21.9 Å². The van der Waals surface area contributed by atoms with Crippen LogP contribution in [-0.4, -0.2) is 33.5 Å². The Morgan fingerprint density at radius 2 is 1.65 bits per heavy atom. The Morgan fingerprint density at radius 3 is 2.26 bits per heavy atom. The molecule has 0 saturated heterocycles. The van der Waals surface area contributed by atoms with Gasteiger partial charge >= 0.3 is 0 Å². The van der Waals surface area contributed by atoms with Gasteiger partial charge in [-0.2, -0.15) is 0 Å².